The van der Waals surface area contributed by atoms with E-state index in [-0.39, 0.29) is 16.4 Å². The maximum Gasteiger partial charge on any atom is 0.331 e. The standard InChI is InChI=1S/C18H15ClN2O5/c1-12-4-2-3-5-13(12)6-9-18(23)26-11-17(22)20-14-7-8-15(19)16(10-14)21(24)25/h2-10H,11H2,1H3,(H,20,22)/b9-6+. The third kappa shape index (κ3) is 5.42. The number of nitrogens with zero attached hydrogens (tertiary/aromatic N) is 1. The van der Waals surface area contributed by atoms with Gasteiger partial charge in [0.15, 0.2) is 6.61 Å². The maximum absolute atomic E-state index is 11.8. The van der Waals surface area contributed by atoms with E-state index >= 15 is 0 Å². The molecule has 2 rings (SSSR count). The molecule has 2 aromatic carbocycles. The highest BCUT2D eigenvalue weighted by atomic mass is 35.5. The Morgan fingerprint density at radius 1 is 1.27 bits per heavy atom. The van der Waals surface area contributed by atoms with E-state index in [1.165, 1.54) is 18.2 Å². The van der Waals surface area contributed by atoms with Crippen LogP contribution in [0.2, 0.25) is 5.02 Å². The Kier molecular flexibility index (Phi) is 6.46. The molecule has 8 heteroatoms. The van der Waals surface area contributed by atoms with Crippen molar-refractivity contribution in [1.29, 1.82) is 0 Å². The lowest BCUT2D eigenvalue weighted by atomic mass is 10.1. The van der Waals surface area contributed by atoms with Gasteiger partial charge in [0.1, 0.15) is 5.02 Å². The van der Waals surface area contributed by atoms with Gasteiger partial charge in [0.2, 0.25) is 0 Å². The number of nitro benzene ring substituents is 1. The summed E-state index contributed by atoms with van der Waals surface area (Å²) >= 11 is 5.70. The first-order valence-electron chi connectivity index (χ1n) is 7.51. The molecule has 0 unspecified atom stereocenters. The van der Waals surface area contributed by atoms with E-state index in [1.807, 2.05) is 31.2 Å². The van der Waals surface area contributed by atoms with Crippen LogP contribution in [0.5, 0.6) is 0 Å². The lowest BCUT2D eigenvalue weighted by molar-refractivity contribution is -0.384. The minimum atomic E-state index is -0.675. The zero-order valence-electron chi connectivity index (χ0n) is 13.8. The predicted octanol–water partition coefficient (Wildman–Crippen LogP) is 3.75. The van der Waals surface area contributed by atoms with Crippen molar-refractivity contribution >= 4 is 40.9 Å². The van der Waals surface area contributed by atoms with Crippen LogP contribution in [0, 0.1) is 17.0 Å². The number of benzene rings is 2. The Hall–Kier alpha value is -3.19. The van der Waals surface area contributed by atoms with Gasteiger partial charge in [-0.2, -0.15) is 0 Å². The van der Waals surface area contributed by atoms with Crippen LogP contribution in [0.15, 0.2) is 48.5 Å². The van der Waals surface area contributed by atoms with Gasteiger partial charge >= 0.3 is 5.97 Å². The van der Waals surface area contributed by atoms with E-state index in [2.05, 4.69) is 5.32 Å². The van der Waals surface area contributed by atoms with Crippen molar-refractivity contribution in [3.63, 3.8) is 0 Å². The quantitative estimate of drug-likeness (QED) is 0.359. The maximum atomic E-state index is 11.8. The van der Waals surface area contributed by atoms with Crippen LogP contribution in [-0.4, -0.2) is 23.4 Å². The Labute approximate surface area is 154 Å². The number of aryl methyl sites for hydroxylation is 1. The topological polar surface area (TPSA) is 98.5 Å². The monoisotopic (exact) mass is 374 g/mol. The van der Waals surface area contributed by atoms with Crippen molar-refractivity contribution in [3.8, 4) is 0 Å². The number of anilines is 1. The van der Waals surface area contributed by atoms with E-state index in [9.17, 15) is 19.7 Å². The number of amides is 1. The molecule has 0 radical (unpaired) electrons. The molecule has 0 aromatic heterocycles. The molecule has 0 aliphatic rings. The average Bonchev–Trinajstić information content (AvgIpc) is 2.60. The van der Waals surface area contributed by atoms with Gasteiger partial charge in [0, 0.05) is 17.8 Å². The predicted molar refractivity (Wildman–Crippen MR) is 97.9 cm³/mol. The summed E-state index contributed by atoms with van der Waals surface area (Å²) in [7, 11) is 0. The third-order valence-corrected chi connectivity index (χ3v) is 3.68. The highest BCUT2D eigenvalue weighted by Crippen LogP contribution is 2.27. The van der Waals surface area contributed by atoms with Crippen molar-refractivity contribution in [1.82, 2.24) is 0 Å². The summed E-state index contributed by atoms with van der Waals surface area (Å²) < 4.78 is 4.84. The molecule has 0 heterocycles. The Morgan fingerprint density at radius 2 is 2.00 bits per heavy atom. The van der Waals surface area contributed by atoms with Gasteiger partial charge < -0.3 is 10.1 Å². The van der Waals surface area contributed by atoms with Crippen molar-refractivity contribution in [2.24, 2.45) is 0 Å². The smallest absolute Gasteiger partial charge is 0.331 e. The van der Waals surface area contributed by atoms with Crippen molar-refractivity contribution < 1.29 is 19.2 Å². The number of hydrogen-bond acceptors (Lipinski definition) is 5. The highest BCUT2D eigenvalue weighted by Gasteiger charge is 2.14. The lowest BCUT2D eigenvalue weighted by Gasteiger charge is -2.06. The normalized spacial score (nSPS) is 10.5. The summed E-state index contributed by atoms with van der Waals surface area (Å²) in [5.74, 6) is -1.30. The number of nitro groups is 1. The number of carbonyl (C=O) groups excluding carboxylic acids is 2. The molecule has 0 saturated heterocycles. The summed E-state index contributed by atoms with van der Waals surface area (Å²) in [5, 5.41) is 13.2. The molecule has 0 aliphatic carbocycles. The molecular formula is C18H15ClN2O5. The van der Waals surface area contributed by atoms with E-state index in [0.717, 1.165) is 17.2 Å². The molecular weight excluding hydrogens is 360 g/mol. The number of nitrogens with one attached hydrogen (secondary N) is 1. The van der Waals surface area contributed by atoms with Crippen LogP contribution >= 0.6 is 11.6 Å². The van der Waals surface area contributed by atoms with Gasteiger partial charge in [-0.3, -0.25) is 14.9 Å². The summed E-state index contributed by atoms with van der Waals surface area (Å²) in [6.07, 6.45) is 2.82. The number of carbonyl (C=O) groups is 2. The molecule has 0 saturated carbocycles. The number of ether oxygens (including phenoxy) is 1. The minimum Gasteiger partial charge on any atom is -0.452 e. The molecule has 0 atom stereocenters. The van der Waals surface area contributed by atoms with Crippen molar-refractivity contribution in [2.45, 2.75) is 6.92 Å². The summed E-state index contributed by atoms with van der Waals surface area (Å²) in [6, 6.07) is 11.3. The Bertz CT molecular complexity index is 880. The van der Waals surface area contributed by atoms with E-state index in [1.54, 1.807) is 6.08 Å². The lowest BCUT2D eigenvalue weighted by Crippen LogP contribution is -2.20. The van der Waals surface area contributed by atoms with Gasteiger partial charge in [-0.25, -0.2) is 4.79 Å². The fraction of sp³-hybridized carbons (Fsp3) is 0.111. The molecule has 2 aromatic rings. The van der Waals surface area contributed by atoms with Gasteiger partial charge in [-0.15, -0.1) is 0 Å². The molecule has 0 aliphatic heterocycles. The number of hydrogen-bond donors (Lipinski definition) is 1. The van der Waals surface area contributed by atoms with Crippen LogP contribution in [0.4, 0.5) is 11.4 Å². The molecule has 1 N–H and O–H groups in total. The first kappa shape index (κ1) is 19.1. The summed E-state index contributed by atoms with van der Waals surface area (Å²) in [4.78, 5) is 33.6. The summed E-state index contributed by atoms with van der Waals surface area (Å²) in [5.41, 5.74) is 1.71. The van der Waals surface area contributed by atoms with Gasteiger partial charge in [0.05, 0.1) is 4.92 Å². The van der Waals surface area contributed by atoms with Crippen molar-refractivity contribution in [2.75, 3.05) is 11.9 Å². The van der Waals surface area contributed by atoms with Gasteiger partial charge in [-0.1, -0.05) is 35.9 Å². The van der Waals surface area contributed by atoms with Gasteiger partial charge in [-0.05, 0) is 36.3 Å². The molecule has 7 nitrogen and oxygen atoms in total. The first-order valence-corrected chi connectivity index (χ1v) is 7.89. The third-order valence-electron chi connectivity index (χ3n) is 3.36. The number of rotatable bonds is 6. The Morgan fingerprint density at radius 3 is 2.69 bits per heavy atom. The van der Waals surface area contributed by atoms with Crippen LogP contribution in [0.25, 0.3) is 6.08 Å². The molecule has 0 fully saturated rings. The Balaban J connectivity index is 1.89. The zero-order valence-corrected chi connectivity index (χ0v) is 14.5. The van der Waals surface area contributed by atoms with E-state index in [4.69, 9.17) is 16.3 Å². The number of esters is 1. The van der Waals surface area contributed by atoms with Crippen LogP contribution in [0.1, 0.15) is 11.1 Å². The molecule has 0 spiro atoms. The second-order valence-electron chi connectivity index (χ2n) is 5.27. The number of halogens is 1. The SMILES string of the molecule is Cc1ccccc1/C=C/C(=O)OCC(=O)Nc1ccc(Cl)c([N+](=O)[O-])c1. The van der Waals surface area contributed by atoms with Crippen LogP contribution < -0.4 is 5.32 Å². The molecule has 0 bridgehead atoms. The molecule has 134 valence electrons. The van der Waals surface area contributed by atoms with Crippen LogP contribution in [-0.2, 0) is 14.3 Å². The minimum absolute atomic E-state index is 0.0410. The highest BCUT2D eigenvalue weighted by molar-refractivity contribution is 6.32. The van der Waals surface area contributed by atoms with E-state index < -0.39 is 23.4 Å². The van der Waals surface area contributed by atoms with Crippen molar-refractivity contribution in [3.05, 3.63) is 74.8 Å². The fourth-order valence-corrected chi connectivity index (χ4v) is 2.23. The van der Waals surface area contributed by atoms with Crippen LogP contribution in [0.3, 0.4) is 0 Å². The summed E-state index contributed by atoms with van der Waals surface area (Å²) in [6.45, 7) is 1.39. The molecule has 26 heavy (non-hydrogen) atoms. The largest absolute Gasteiger partial charge is 0.452 e. The van der Waals surface area contributed by atoms with Gasteiger partial charge in [0.25, 0.3) is 11.6 Å². The second kappa shape index (κ2) is 8.77. The second-order valence-corrected chi connectivity index (χ2v) is 5.68. The fourth-order valence-electron chi connectivity index (χ4n) is 2.04. The zero-order chi connectivity index (χ0) is 19.1. The van der Waals surface area contributed by atoms with E-state index in [0.29, 0.717) is 0 Å². The first-order chi connectivity index (χ1) is 12.4. The molecule has 1 amide bonds. The average molecular weight is 375 g/mol.